The van der Waals surface area contributed by atoms with Crippen LogP contribution >= 0.6 is 0 Å². The summed E-state index contributed by atoms with van der Waals surface area (Å²) >= 11 is 0. The van der Waals surface area contributed by atoms with E-state index in [-0.39, 0.29) is 29.5 Å². The maximum atomic E-state index is 13.4. The van der Waals surface area contributed by atoms with Gasteiger partial charge in [0.2, 0.25) is 0 Å². The van der Waals surface area contributed by atoms with E-state index in [2.05, 4.69) is 0 Å². The average molecular weight is 495 g/mol. The highest BCUT2D eigenvalue weighted by Crippen LogP contribution is 2.44. The molecule has 0 unspecified atom stereocenters. The van der Waals surface area contributed by atoms with Crippen LogP contribution < -0.4 is 17.8 Å². The predicted molar refractivity (Wildman–Crippen MR) is 120 cm³/mol. The van der Waals surface area contributed by atoms with Gasteiger partial charge < -0.3 is 17.8 Å². The van der Waals surface area contributed by atoms with Gasteiger partial charge >= 0.3 is 20.2 Å². The van der Waals surface area contributed by atoms with Gasteiger partial charge in [-0.1, -0.05) is 6.07 Å². The van der Waals surface area contributed by atoms with Gasteiger partial charge in [0.05, 0.1) is 29.6 Å². The molecule has 0 bridgehead atoms. The molecule has 9 nitrogen and oxygen atoms in total. The Hall–Kier alpha value is -3.05. The van der Waals surface area contributed by atoms with Crippen LogP contribution in [0, 0.1) is 0 Å². The summed E-state index contributed by atoms with van der Waals surface area (Å²) in [6.07, 6.45) is 5.41. The summed E-state index contributed by atoms with van der Waals surface area (Å²) in [7, 11) is -7.84. The number of Topliss-reactive ketones (excluding diaryl/α,β-unsaturated/α-hetero) is 1. The zero-order valence-corrected chi connectivity index (χ0v) is 19.9. The number of benzene rings is 2. The van der Waals surface area contributed by atoms with E-state index in [1.807, 2.05) is 26.0 Å². The first-order chi connectivity index (χ1) is 15.2. The topological polar surface area (TPSA) is 122 Å². The number of carbonyl (C=O) groups is 1. The fourth-order valence-corrected chi connectivity index (χ4v) is 4.63. The molecule has 176 valence electrons. The summed E-state index contributed by atoms with van der Waals surface area (Å²) in [6.45, 7) is 3.74. The first-order valence-corrected chi connectivity index (χ1v) is 13.5. The van der Waals surface area contributed by atoms with Crippen LogP contribution in [0.25, 0.3) is 6.08 Å². The van der Waals surface area contributed by atoms with Gasteiger partial charge in [-0.3, -0.25) is 4.79 Å². The number of ketones is 1. The summed E-state index contributed by atoms with van der Waals surface area (Å²) in [5.74, 6) is -0.564. The molecule has 2 aromatic carbocycles. The number of carbonyl (C=O) groups excluding carboxylic acids is 1. The molecule has 0 saturated carbocycles. The van der Waals surface area contributed by atoms with Crippen molar-refractivity contribution in [1.29, 1.82) is 0 Å². The van der Waals surface area contributed by atoms with Crippen LogP contribution in [0.1, 0.15) is 41.3 Å². The van der Waals surface area contributed by atoms with Crippen LogP contribution in [-0.4, -0.2) is 47.3 Å². The Morgan fingerprint density at radius 3 is 2.36 bits per heavy atom. The Labute approximate surface area is 192 Å². The molecular formula is C22H22O9S2. The summed E-state index contributed by atoms with van der Waals surface area (Å²) in [4.78, 5) is 13.4. The second-order valence-corrected chi connectivity index (χ2v) is 11.5. The van der Waals surface area contributed by atoms with Crippen molar-refractivity contribution in [3.05, 3.63) is 53.1 Å². The average Bonchev–Trinajstić information content (AvgIpc) is 2.65. The molecule has 0 amide bonds. The molecule has 2 aliphatic heterocycles. The zero-order chi connectivity index (χ0) is 24.2. The third kappa shape index (κ3) is 4.98. The van der Waals surface area contributed by atoms with Crippen molar-refractivity contribution in [2.75, 3.05) is 19.1 Å². The SMILES string of the molecule is CC1(C)C=Cc2c(ccc3c2OC[C@H](c2ccc(OS(C)(=O)=O)cc2OS(C)(=O)=O)C3=O)O1. The van der Waals surface area contributed by atoms with Gasteiger partial charge in [0, 0.05) is 11.6 Å². The lowest BCUT2D eigenvalue weighted by Gasteiger charge is -2.32. The maximum Gasteiger partial charge on any atom is 0.306 e. The van der Waals surface area contributed by atoms with E-state index in [0.717, 1.165) is 18.6 Å². The molecule has 0 aliphatic carbocycles. The van der Waals surface area contributed by atoms with Crippen molar-refractivity contribution in [1.82, 2.24) is 0 Å². The summed E-state index contributed by atoms with van der Waals surface area (Å²) in [5, 5.41) is 0. The highest BCUT2D eigenvalue weighted by atomic mass is 32.2. The van der Waals surface area contributed by atoms with Crippen LogP contribution in [0.4, 0.5) is 0 Å². The van der Waals surface area contributed by atoms with E-state index in [1.54, 1.807) is 12.1 Å². The molecule has 1 atom stereocenters. The fourth-order valence-electron chi connectivity index (χ4n) is 3.70. The van der Waals surface area contributed by atoms with E-state index >= 15 is 0 Å². The number of hydrogen-bond donors (Lipinski definition) is 0. The van der Waals surface area contributed by atoms with E-state index in [1.165, 1.54) is 12.1 Å². The molecule has 2 aromatic rings. The summed E-state index contributed by atoms with van der Waals surface area (Å²) in [6, 6.07) is 7.13. The molecule has 11 heteroatoms. The minimum absolute atomic E-state index is 0.0775. The zero-order valence-electron chi connectivity index (χ0n) is 18.3. The highest BCUT2D eigenvalue weighted by Gasteiger charge is 2.36. The van der Waals surface area contributed by atoms with Gasteiger partial charge in [-0.05, 0) is 44.2 Å². The summed E-state index contributed by atoms with van der Waals surface area (Å²) in [5.41, 5.74) is 0.710. The number of rotatable bonds is 5. The van der Waals surface area contributed by atoms with E-state index in [9.17, 15) is 21.6 Å². The second kappa shape index (κ2) is 7.77. The number of hydrogen-bond acceptors (Lipinski definition) is 9. The van der Waals surface area contributed by atoms with Gasteiger partial charge in [-0.2, -0.15) is 16.8 Å². The monoisotopic (exact) mass is 494 g/mol. The Balaban J connectivity index is 1.74. The minimum atomic E-state index is -3.98. The fraction of sp³-hybridized carbons (Fsp3) is 0.318. The van der Waals surface area contributed by atoms with Gasteiger partial charge in [0.15, 0.2) is 5.78 Å². The van der Waals surface area contributed by atoms with Crippen molar-refractivity contribution >= 4 is 32.1 Å². The first kappa shape index (κ1) is 23.1. The third-order valence-corrected chi connectivity index (χ3v) is 5.98. The highest BCUT2D eigenvalue weighted by molar-refractivity contribution is 7.86. The van der Waals surface area contributed by atoms with Crippen molar-refractivity contribution in [3.8, 4) is 23.0 Å². The summed E-state index contributed by atoms with van der Waals surface area (Å²) < 4.78 is 68.3. The van der Waals surface area contributed by atoms with Crippen LogP contribution in [0.5, 0.6) is 23.0 Å². The smallest absolute Gasteiger partial charge is 0.306 e. The molecule has 2 heterocycles. The van der Waals surface area contributed by atoms with Crippen LogP contribution in [-0.2, 0) is 20.2 Å². The maximum absolute atomic E-state index is 13.4. The lowest BCUT2D eigenvalue weighted by atomic mass is 9.86. The third-order valence-electron chi connectivity index (χ3n) is 5.01. The molecule has 33 heavy (non-hydrogen) atoms. The minimum Gasteiger partial charge on any atom is -0.491 e. The first-order valence-electron chi connectivity index (χ1n) is 9.87. The van der Waals surface area contributed by atoms with Crippen molar-refractivity contribution in [2.24, 2.45) is 0 Å². The normalized spacial score (nSPS) is 19.0. The Bertz CT molecular complexity index is 1390. The molecule has 0 radical (unpaired) electrons. The number of ether oxygens (including phenoxy) is 2. The van der Waals surface area contributed by atoms with Crippen molar-refractivity contribution in [2.45, 2.75) is 25.4 Å². The quantitative estimate of drug-likeness (QED) is 0.577. The largest absolute Gasteiger partial charge is 0.491 e. The van der Waals surface area contributed by atoms with E-state index in [0.29, 0.717) is 22.6 Å². The number of fused-ring (bicyclic) bond motifs is 3. The van der Waals surface area contributed by atoms with Gasteiger partial charge in [-0.15, -0.1) is 0 Å². The molecule has 4 rings (SSSR count). The molecule has 0 fully saturated rings. The molecule has 0 saturated heterocycles. The van der Waals surface area contributed by atoms with Crippen LogP contribution in [0.2, 0.25) is 0 Å². The molecule has 0 aromatic heterocycles. The molecule has 0 N–H and O–H groups in total. The van der Waals surface area contributed by atoms with E-state index in [4.69, 9.17) is 17.8 Å². The van der Waals surface area contributed by atoms with Gasteiger partial charge in [0.1, 0.15) is 35.2 Å². The molecule has 2 aliphatic rings. The second-order valence-electron chi connectivity index (χ2n) is 8.40. The van der Waals surface area contributed by atoms with Crippen LogP contribution in [0.3, 0.4) is 0 Å². The van der Waals surface area contributed by atoms with Gasteiger partial charge in [0.25, 0.3) is 0 Å². The Kier molecular flexibility index (Phi) is 5.44. The Morgan fingerprint density at radius 1 is 1.00 bits per heavy atom. The lowest BCUT2D eigenvalue weighted by Crippen LogP contribution is -2.30. The van der Waals surface area contributed by atoms with Crippen molar-refractivity contribution in [3.63, 3.8) is 0 Å². The molecular weight excluding hydrogens is 472 g/mol. The van der Waals surface area contributed by atoms with Crippen LogP contribution in [0.15, 0.2) is 36.4 Å². The van der Waals surface area contributed by atoms with E-state index < -0.39 is 31.8 Å². The molecule has 0 spiro atoms. The standard InChI is InChI=1S/C22H22O9S2/c1-22(2)10-9-15-18(29-22)8-7-16-20(23)17(12-28-21(15)16)14-6-5-13(30-32(3,24)25)11-19(14)31-33(4,26)27/h5-11,17H,12H2,1-4H3/t17-/m1/s1. The Morgan fingerprint density at radius 2 is 1.70 bits per heavy atom. The lowest BCUT2D eigenvalue weighted by molar-refractivity contribution is 0.0893. The predicted octanol–water partition coefficient (Wildman–Crippen LogP) is 2.91. The van der Waals surface area contributed by atoms with Gasteiger partial charge in [-0.25, -0.2) is 0 Å². The van der Waals surface area contributed by atoms with Crippen molar-refractivity contribution < 1.29 is 39.5 Å².